The van der Waals surface area contributed by atoms with Crippen molar-refractivity contribution in [3.63, 3.8) is 0 Å². The average Bonchev–Trinajstić information content (AvgIpc) is 3.03. The molecular formula is C19H14O2. The summed E-state index contributed by atoms with van der Waals surface area (Å²) in [7, 11) is 0. The van der Waals surface area contributed by atoms with Gasteiger partial charge < -0.3 is 4.42 Å². The van der Waals surface area contributed by atoms with E-state index in [0.717, 1.165) is 11.3 Å². The molecule has 0 unspecified atom stereocenters. The van der Waals surface area contributed by atoms with Gasteiger partial charge in [0.1, 0.15) is 11.5 Å². The number of allylic oxidation sites excluding steroid dienone is 1. The van der Waals surface area contributed by atoms with Gasteiger partial charge in [-0.2, -0.15) is 0 Å². The van der Waals surface area contributed by atoms with Gasteiger partial charge in [0.05, 0.1) is 0 Å². The monoisotopic (exact) mass is 274 g/mol. The number of benzene rings is 2. The highest BCUT2D eigenvalue weighted by molar-refractivity contribution is 6.06. The molecule has 0 aliphatic carbocycles. The third kappa shape index (κ3) is 3.18. The SMILES string of the molecule is O=C(C=Cc1ccc(-c2ccccc2)o1)c1ccccc1. The van der Waals surface area contributed by atoms with Crippen molar-refractivity contribution in [2.75, 3.05) is 0 Å². The topological polar surface area (TPSA) is 30.2 Å². The van der Waals surface area contributed by atoms with Crippen molar-refractivity contribution in [1.29, 1.82) is 0 Å². The van der Waals surface area contributed by atoms with Gasteiger partial charge in [-0.3, -0.25) is 4.79 Å². The van der Waals surface area contributed by atoms with Crippen LogP contribution in [0.5, 0.6) is 0 Å². The van der Waals surface area contributed by atoms with Crippen LogP contribution in [0.15, 0.2) is 83.3 Å². The molecule has 0 spiro atoms. The number of carbonyl (C=O) groups excluding carboxylic acids is 1. The molecule has 102 valence electrons. The molecule has 1 heterocycles. The van der Waals surface area contributed by atoms with Gasteiger partial charge in [-0.15, -0.1) is 0 Å². The first-order valence-electron chi connectivity index (χ1n) is 6.76. The Morgan fingerprint density at radius 3 is 2.19 bits per heavy atom. The Labute approximate surface area is 123 Å². The number of rotatable bonds is 4. The number of furan rings is 1. The van der Waals surface area contributed by atoms with Crippen LogP contribution in [-0.4, -0.2) is 5.78 Å². The number of hydrogen-bond donors (Lipinski definition) is 0. The molecule has 0 fully saturated rings. The minimum absolute atomic E-state index is 0.0340. The van der Waals surface area contributed by atoms with Gasteiger partial charge in [-0.25, -0.2) is 0 Å². The van der Waals surface area contributed by atoms with E-state index in [9.17, 15) is 4.79 Å². The van der Waals surface area contributed by atoms with E-state index in [2.05, 4.69) is 0 Å². The third-order valence-electron chi connectivity index (χ3n) is 3.14. The van der Waals surface area contributed by atoms with Crippen LogP contribution in [0.4, 0.5) is 0 Å². The smallest absolute Gasteiger partial charge is 0.185 e. The minimum Gasteiger partial charge on any atom is -0.457 e. The largest absolute Gasteiger partial charge is 0.457 e. The van der Waals surface area contributed by atoms with Crippen molar-refractivity contribution >= 4 is 11.9 Å². The van der Waals surface area contributed by atoms with E-state index in [4.69, 9.17) is 4.42 Å². The summed E-state index contributed by atoms with van der Waals surface area (Å²) >= 11 is 0. The van der Waals surface area contributed by atoms with Crippen LogP contribution >= 0.6 is 0 Å². The second-order valence-electron chi connectivity index (χ2n) is 4.63. The Bertz CT molecular complexity index is 753. The summed E-state index contributed by atoms with van der Waals surface area (Å²) in [6.07, 6.45) is 3.23. The molecule has 0 bridgehead atoms. The van der Waals surface area contributed by atoms with E-state index < -0.39 is 0 Å². The highest BCUT2D eigenvalue weighted by Gasteiger charge is 2.03. The van der Waals surface area contributed by atoms with Crippen molar-refractivity contribution in [3.05, 3.63) is 90.2 Å². The maximum atomic E-state index is 12.0. The zero-order chi connectivity index (χ0) is 14.5. The molecule has 2 heteroatoms. The lowest BCUT2D eigenvalue weighted by Gasteiger charge is -1.95. The molecule has 1 aromatic heterocycles. The van der Waals surface area contributed by atoms with Crippen molar-refractivity contribution in [3.8, 4) is 11.3 Å². The van der Waals surface area contributed by atoms with Crippen LogP contribution in [0.2, 0.25) is 0 Å². The summed E-state index contributed by atoms with van der Waals surface area (Å²) in [6, 6.07) is 22.8. The first kappa shape index (κ1) is 13.1. The van der Waals surface area contributed by atoms with Gasteiger partial charge >= 0.3 is 0 Å². The molecule has 3 aromatic rings. The lowest BCUT2D eigenvalue weighted by atomic mass is 10.1. The van der Waals surface area contributed by atoms with Gasteiger partial charge in [0.2, 0.25) is 0 Å². The standard InChI is InChI=1S/C19H14O2/c20-18(15-7-3-1-4-8-15)13-11-17-12-14-19(21-17)16-9-5-2-6-10-16/h1-14H. The van der Waals surface area contributed by atoms with Crippen molar-refractivity contribution in [1.82, 2.24) is 0 Å². The van der Waals surface area contributed by atoms with Crippen LogP contribution in [0, 0.1) is 0 Å². The second kappa shape index (κ2) is 6.06. The van der Waals surface area contributed by atoms with E-state index in [1.54, 1.807) is 18.2 Å². The predicted octanol–water partition coefficient (Wildman–Crippen LogP) is 4.84. The molecule has 0 aliphatic heterocycles. The Kier molecular flexibility index (Phi) is 3.79. The quantitative estimate of drug-likeness (QED) is 0.503. The average molecular weight is 274 g/mol. The molecular weight excluding hydrogens is 260 g/mol. The zero-order valence-electron chi connectivity index (χ0n) is 11.4. The molecule has 21 heavy (non-hydrogen) atoms. The summed E-state index contributed by atoms with van der Waals surface area (Å²) < 4.78 is 5.72. The summed E-state index contributed by atoms with van der Waals surface area (Å²) in [5.41, 5.74) is 1.69. The Morgan fingerprint density at radius 2 is 1.48 bits per heavy atom. The van der Waals surface area contributed by atoms with Crippen LogP contribution in [0.25, 0.3) is 17.4 Å². The molecule has 2 nitrogen and oxygen atoms in total. The summed E-state index contributed by atoms with van der Waals surface area (Å²) in [6.45, 7) is 0. The van der Waals surface area contributed by atoms with E-state index >= 15 is 0 Å². The number of hydrogen-bond acceptors (Lipinski definition) is 2. The summed E-state index contributed by atoms with van der Waals surface area (Å²) in [4.78, 5) is 12.0. The van der Waals surface area contributed by atoms with Crippen molar-refractivity contribution in [2.45, 2.75) is 0 Å². The maximum absolute atomic E-state index is 12.0. The molecule has 2 aromatic carbocycles. The Hall–Kier alpha value is -2.87. The van der Waals surface area contributed by atoms with Crippen molar-refractivity contribution < 1.29 is 9.21 Å². The van der Waals surface area contributed by atoms with Crippen LogP contribution < -0.4 is 0 Å². The molecule has 0 radical (unpaired) electrons. The lowest BCUT2D eigenvalue weighted by Crippen LogP contribution is -1.92. The first-order chi connectivity index (χ1) is 10.3. The Morgan fingerprint density at radius 1 is 0.810 bits per heavy atom. The second-order valence-corrected chi connectivity index (χ2v) is 4.63. The predicted molar refractivity (Wildman–Crippen MR) is 84.0 cm³/mol. The fourth-order valence-electron chi connectivity index (χ4n) is 2.06. The third-order valence-corrected chi connectivity index (χ3v) is 3.14. The minimum atomic E-state index is -0.0340. The Balaban J connectivity index is 1.76. The van der Waals surface area contributed by atoms with E-state index in [-0.39, 0.29) is 5.78 Å². The van der Waals surface area contributed by atoms with E-state index in [0.29, 0.717) is 11.3 Å². The van der Waals surface area contributed by atoms with E-state index in [1.807, 2.05) is 60.7 Å². The van der Waals surface area contributed by atoms with Crippen LogP contribution in [-0.2, 0) is 0 Å². The summed E-state index contributed by atoms with van der Waals surface area (Å²) in [5, 5.41) is 0. The van der Waals surface area contributed by atoms with Gasteiger partial charge in [0.15, 0.2) is 5.78 Å². The first-order valence-corrected chi connectivity index (χ1v) is 6.76. The normalized spacial score (nSPS) is 10.9. The van der Waals surface area contributed by atoms with Crippen LogP contribution in [0.3, 0.4) is 0 Å². The lowest BCUT2D eigenvalue weighted by molar-refractivity contribution is 0.104. The molecule has 0 saturated carbocycles. The molecule has 0 aliphatic rings. The van der Waals surface area contributed by atoms with E-state index in [1.165, 1.54) is 6.08 Å². The van der Waals surface area contributed by atoms with Gasteiger partial charge in [0, 0.05) is 11.1 Å². The maximum Gasteiger partial charge on any atom is 0.185 e. The number of carbonyl (C=O) groups is 1. The van der Waals surface area contributed by atoms with Crippen LogP contribution in [0.1, 0.15) is 16.1 Å². The molecule has 3 rings (SSSR count). The zero-order valence-corrected chi connectivity index (χ0v) is 11.4. The summed E-state index contributed by atoms with van der Waals surface area (Å²) in [5.74, 6) is 1.42. The molecule has 0 saturated heterocycles. The van der Waals surface area contributed by atoms with Gasteiger partial charge in [0.25, 0.3) is 0 Å². The number of ketones is 1. The molecule has 0 atom stereocenters. The fourth-order valence-corrected chi connectivity index (χ4v) is 2.06. The fraction of sp³-hybridized carbons (Fsp3) is 0. The highest BCUT2D eigenvalue weighted by atomic mass is 16.3. The molecule has 0 N–H and O–H groups in total. The highest BCUT2D eigenvalue weighted by Crippen LogP contribution is 2.22. The molecule has 0 amide bonds. The van der Waals surface area contributed by atoms with Crippen molar-refractivity contribution in [2.24, 2.45) is 0 Å². The van der Waals surface area contributed by atoms with Gasteiger partial charge in [-0.05, 0) is 24.3 Å². The van der Waals surface area contributed by atoms with Gasteiger partial charge in [-0.1, -0.05) is 60.7 Å².